The molecular formula is C23H24FN3O. The van der Waals surface area contributed by atoms with Gasteiger partial charge in [-0.2, -0.15) is 0 Å². The second-order valence-electron chi connectivity index (χ2n) is 7.48. The Hall–Kier alpha value is -3.08. The number of carbonyl (C=O) groups excluding carboxylic acids is 1. The van der Waals surface area contributed by atoms with Crippen molar-refractivity contribution in [1.82, 2.24) is 9.47 Å². The monoisotopic (exact) mass is 377 g/mol. The third-order valence-electron chi connectivity index (χ3n) is 5.29. The number of rotatable bonds is 3. The van der Waals surface area contributed by atoms with Crippen molar-refractivity contribution in [2.24, 2.45) is 0 Å². The molecule has 0 radical (unpaired) electrons. The van der Waals surface area contributed by atoms with Crippen LogP contribution >= 0.6 is 0 Å². The summed E-state index contributed by atoms with van der Waals surface area (Å²) in [6, 6.07) is 17.9. The van der Waals surface area contributed by atoms with Crippen LogP contribution in [0.3, 0.4) is 0 Å². The van der Waals surface area contributed by atoms with Gasteiger partial charge in [-0.1, -0.05) is 38.1 Å². The fourth-order valence-corrected chi connectivity index (χ4v) is 3.78. The van der Waals surface area contributed by atoms with Crippen LogP contribution in [0, 0.1) is 5.82 Å². The maximum absolute atomic E-state index is 13.9. The molecule has 4 nitrogen and oxygen atoms in total. The summed E-state index contributed by atoms with van der Waals surface area (Å²) in [5, 5.41) is 3.00. The number of benzene rings is 2. The number of amides is 2. The van der Waals surface area contributed by atoms with Gasteiger partial charge in [-0.25, -0.2) is 9.18 Å². The Labute approximate surface area is 164 Å². The highest BCUT2D eigenvalue weighted by molar-refractivity contribution is 5.90. The van der Waals surface area contributed by atoms with E-state index in [0.717, 1.165) is 16.9 Å². The van der Waals surface area contributed by atoms with Crippen molar-refractivity contribution >= 4 is 11.7 Å². The predicted octanol–water partition coefficient (Wildman–Crippen LogP) is 5.39. The first-order valence-corrected chi connectivity index (χ1v) is 9.61. The van der Waals surface area contributed by atoms with Gasteiger partial charge in [-0.15, -0.1) is 0 Å². The lowest BCUT2D eigenvalue weighted by molar-refractivity contribution is 0.181. The minimum atomic E-state index is -0.325. The van der Waals surface area contributed by atoms with E-state index in [1.165, 1.54) is 17.7 Å². The summed E-state index contributed by atoms with van der Waals surface area (Å²) < 4.78 is 16.0. The summed E-state index contributed by atoms with van der Waals surface area (Å²) in [6.45, 7) is 5.55. The van der Waals surface area contributed by atoms with Crippen LogP contribution in [0.5, 0.6) is 0 Å². The first kappa shape index (κ1) is 18.3. The van der Waals surface area contributed by atoms with Crippen LogP contribution < -0.4 is 5.32 Å². The van der Waals surface area contributed by atoms with E-state index in [0.29, 0.717) is 19.0 Å². The van der Waals surface area contributed by atoms with E-state index < -0.39 is 0 Å². The molecule has 4 rings (SSSR count). The second kappa shape index (κ2) is 7.50. The Kier molecular flexibility index (Phi) is 4.90. The Morgan fingerprint density at radius 3 is 2.57 bits per heavy atom. The van der Waals surface area contributed by atoms with Gasteiger partial charge in [0, 0.05) is 30.7 Å². The molecule has 1 N–H and O–H groups in total. The summed E-state index contributed by atoms with van der Waals surface area (Å²) in [5.41, 5.74) is 3.74. The Morgan fingerprint density at radius 2 is 1.86 bits per heavy atom. The van der Waals surface area contributed by atoms with E-state index in [2.05, 4.69) is 23.7 Å². The molecule has 0 saturated carbocycles. The van der Waals surface area contributed by atoms with Gasteiger partial charge in [0.05, 0.1) is 6.04 Å². The zero-order chi connectivity index (χ0) is 19.7. The third-order valence-corrected chi connectivity index (χ3v) is 5.29. The SMILES string of the molecule is CC(C)c1ccc(NC(=O)N2CCn3cccc3[C@H]2c2cccc(F)c2)cc1. The van der Waals surface area contributed by atoms with Crippen molar-refractivity contribution in [3.8, 4) is 0 Å². The van der Waals surface area contributed by atoms with Crippen molar-refractivity contribution in [1.29, 1.82) is 0 Å². The van der Waals surface area contributed by atoms with Crippen LogP contribution in [0.25, 0.3) is 0 Å². The molecule has 5 heteroatoms. The molecule has 1 aliphatic heterocycles. The summed E-state index contributed by atoms with van der Waals surface area (Å²) in [6.07, 6.45) is 2.00. The van der Waals surface area contributed by atoms with E-state index in [-0.39, 0.29) is 17.9 Å². The fraction of sp³-hybridized carbons (Fsp3) is 0.261. The number of hydrogen-bond acceptors (Lipinski definition) is 1. The topological polar surface area (TPSA) is 37.3 Å². The summed E-state index contributed by atoms with van der Waals surface area (Å²) in [4.78, 5) is 14.9. The number of carbonyl (C=O) groups is 1. The van der Waals surface area contributed by atoms with E-state index in [1.807, 2.05) is 48.7 Å². The highest BCUT2D eigenvalue weighted by atomic mass is 19.1. The number of anilines is 1. The number of halogens is 1. The number of urea groups is 1. The molecule has 0 bridgehead atoms. The third kappa shape index (κ3) is 3.52. The molecule has 2 amide bonds. The maximum Gasteiger partial charge on any atom is 0.322 e. The molecule has 0 saturated heterocycles. The molecule has 0 spiro atoms. The molecule has 3 aromatic rings. The van der Waals surface area contributed by atoms with Gasteiger partial charge >= 0.3 is 6.03 Å². The standard InChI is InChI=1S/C23H24FN3O/c1-16(2)17-8-10-20(11-9-17)25-23(28)27-14-13-26-12-4-7-21(26)22(27)18-5-3-6-19(24)15-18/h3-12,15-16,22H,13-14H2,1-2H3,(H,25,28)/t22-/m1/s1. The Morgan fingerprint density at radius 1 is 1.07 bits per heavy atom. The minimum absolute atomic E-state index is 0.181. The molecule has 144 valence electrons. The van der Waals surface area contributed by atoms with Crippen molar-refractivity contribution in [3.05, 3.63) is 89.5 Å². The fourth-order valence-electron chi connectivity index (χ4n) is 3.78. The number of nitrogens with one attached hydrogen (secondary N) is 1. The van der Waals surface area contributed by atoms with Gasteiger partial charge < -0.3 is 14.8 Å². The number of aromatic nitrogens is 1. The molecule has 2 heterocycles. The number of hydrogen-bond donors (Lipinski definition) is 1. The first-order chi connectivity index (χ1) is 13.5. The van der Waals surface area contributed by atoms with Crippen LogP contribution in [0.4, 0.5) is 14.9 Å². The maximum atomic E-state index is 13.9. The zero-order valence-corrected chi connectivity index (χ0v) is 16.1. The first-order valence-electron chi connectivity index (χ1n) is 9.61. The lowest BCUT2D eigenvalue weighted by Crippen LogP contribution is -2.44. The molecule has 0 unspecified atom stereocenters. The minimum Gasteiger partial charge on any atom is -0.348 e. The average Bonchev–Trinajstić information content (AvgIpc) is 3.16. The van der Waals surface area contributed by atoms with E-state index in [1.54, 1.807) is 11.0 Å². The highest BCUT2D eigenvalue weighted by Gasteiger charge is 2.32. The summed E-state index contributed by atoms with van der Waals surface area (Å²) in [7, 11) is 0. The van der Waals surface area contributed by atoms with Crippen molar-refractivity contribution < 1.29 is 9.18 Å². The molecule has 0 aliphatic carbocycles. The van der Waals surface area contributed by atoms with Gasteiger partial charge in [0.25, 0.3) is 0 Å². The smallest absolute Gasteiger partial charge is 0.322 e. The zero-order valence-electron chi connectivity index (χ0n) is 16.1. The largest absolute Gasteiger partial charge is 0.348 e. The van der Waals surface area contributed by atoms with Gasteiger partial charge in [0.2, 0.25) is 0 Å². The summed E-state index contributed by atoms with van der Waals surface area (Å²) in [5.74, 6) is 0.141. The number of nitrogens with zero attached hydrogens (tertiary/aromatic N) is 2. The molecule has 0 fully saturated rings. The van der Waals surface area contributed by atoms with E-state index in [9.17, 15) is 9.18 Å². The van der Waals surface area contributed by atoms with Gasteiger partial charge in [0.15, 0.2) is 0 Å². The normalized spacial score (nSPS) is 16.1. The van der Waals surface area contributed by atoms with Crippen LogP contribution in [0.1, 0.15) is 42.6 Å². The number of fused-ring (bicyclic) bond motifs is 1. The molecule has 1 aromatic heterocycles. The van der Waals surface area contributed by atoms with E-state index in [4.69, 9.17) is 0 Å². The second-order valence-corrected chi connectivity index (χ2v) is 7.48. The Balaban J connectivity index is 1.62. The molecule has 2 aromatic carbocycles. The van der Waals surface area contributed by atoms with Gasteiger partial charge in [-0.3, -0.25) is 0 Å². The van der Waals surface area contributed by atoms with Crippen LogP contribution in [0.15, 0.2) is 66.9 Å². The lowest BCUT2D eigenvalue weighted by Gasteiger charge is -2.37. The van der Waals surface area contributed by atoms with E-state index >= 15 is 0 Å². The van der Waals surface area contributed by atoms with Gasteiger partial charge in [-0.05, 0) is 53.4 Å². The van der Waals surface area contributed by atoms with Crippen LogP contribution in [-0.2, 0) is 6.54 Å². The quantitative estimate of drug-likeness (QED) is 0.653. The molecule has 28 heavy (non-hydrogen) atoms. The molecule has 1 aliphatic rings. The molecular weight excluding hydrogens is 353 g/mol. The molecule has 1 atom stereocenters. The predicted molar refractivity (Wildman–Crippen MR) is 109 cm³/mol. The highest BCUT2D eigenvalue weighted by Crippen LogP contribution is 2.33. The van der Waals surface area contributed by atoms with Gasteiger partial charge in [0.1, 0.15) is 5.82 Å². The van der Waals surface area contributed by atoms with Crippen LogP contribution in [-0.4, -0.2) is 22.0 Å². The average molecular weight is 377 g/mol. The Bertz CT molecular complexity index is 978. The summed E-state index contributed by atoms with van der Waals surface area (Å²) >= 11 is 0. The van der Waals surface area contributed by atoms with Crippen molar-refractivity contribution in [3.63, 3.8) is 0 Å². The van der Waals surface area contributed by atoms with Crippen molar-refractivity contribution in [2.45, 2.75) is 32.4 Å². The van der Waals surface area contributed by atoms with Crippen molar-refractivity contribution in [2.75, 3.05) is 11.9 Å². The van der Waals surface area contributed by atoms with Crippen LogP contribution in [0.2, 0.25) is 0 Å². The lowest BCUT2D eigenvalue weighted by atomic mass is 10.00.